The normalized spacial score (nSPS) is 17.0. The second-order valence-electron chi connectivity index (χ2n) is 5.05. The zero-order valence-electron chi connectivity index (χ0n) is 11.1. The minimum atomic E-state index is -3.66. The fraction of sp³-hybridized carbons (Fsp3) is 0.538. The summed E-state index contributed by atoms with van der Waals surface area (Å²) in [5.74, 6) is -0.742. The van der Waals surface area contributed by atoms with Crippen LogP contribution in [0.2, 0.25) is 0 Å². The molecule has 1 heterocycles. The predicted octanol–water partition coefficient (Wildman–Crippen LogP) is 1.64. The molecule has 0 unspecified atom stereocenters. The molecule has 0 spiro atoms. The van der Waals surface area contributed by atoms with Crippen LogP contribution < -0.4 is 4.72 Å². The first-order valence-electron chi connectivity index (χ1n) is 6.68. The van der Waals surface area contributed by atoms with Crippen molar-refractivity contribution < 1.29 is 18.3 Å². The van der Waals surface area contributed by atoms with Crippen molar-refractivity contribution in [3.8, 4) is 0 Å². The third-order valence-electron chi connectivity index (χ3n) is 3.55. The quantitative estimate of drug-likeness (QED) is 0.861. The molecule has 1 aliphatic carbocycles. The van der Waals surface area contributed by atoms with Crippen molar-refractivity contribution in [1.82, 2.24) is 9.71 Å². The van der Waals surface area contributed by atoms with Gasteiger partial charge in [-0.25, -0.2) is 22.9 Å². The van der Waals surface area contributed by atoms with E-state index in [1.165, 1.54) is 18.6 Å². The molecule has 6 nitrogen and oxygen atoms in total. The fourth-order valence-corrected chi connectivity index (χ4v) is 3.40. The maximum absolute atomic E-state index is 12.0. The van der Waals surface area contributed by atoms with Crippen molar-refractivity contribution in [3.05, 3.63) is 23.9 Å². The molecule has 1 aliphatic rings. The van der Waals surface area contributed by atoms with Gasteiger partial charge in [0.1, 0.15) is 0 Å². The van der Waals surface area contributed by atoms with Gasteiger partial charge in [0.05, 0.1) is 5.56 Å². The second-order valence-corrected chi connectivity index (χ2v) is 6.76. The van der Waals surface area contributed by atoms with E-state index in [9.17, 15) is 13.2 Å². The minimum Gasteiger partial charge on any atom is -0.478 e. The monoisotopic (exact) mass is 298 g/mol. The first-order chi connectivity index (χ1) is 9.49. The van der Waals surface area contributed by atoms with Crippen LogP contribution in [0.3, 0.4) is 0 Å². The number of nitrogens with zero attached hydrogens (tertiary/aromatic N) is 1. The van der Waals surface area contributed by atoms with E-state index < -0.39 is 16.0 Å². The Morgan fingerprint density at radius 3 is 2.55 bits per heavy atom. The number of carboxylic acid groups (broad SMARTS) is 1. The van der Waals surface area contributed by atoms with E-state index >= 15 is 0 Å². The van der Waals surface area contributed by atoms with Gasteiger partial charge in [-0.05, 0) is 30.9 Å². The van der Waals surface area contributed by atoms with Gasteiger partial charge in [-0.15, -0.1) is 0 Å². The number of rotatable bonds is 5. The smallest absolute Gasteiger partial charge is 0.337 e. The van der Waals surface area contributed by atoms with Crippen LogP contribution in [0, 0.1) is 5.92 Å². The Labute approximate surface area is 118 Å². The molecule has 1 aromatic heterocycles. The second kappa shape index (κ2) is 6.32. The van der Waals surface area contributed by atoms with E-state index in [0.717, 1.165) is 31.9 Å². The van der Waals surface area contributed by atoms with Crippen LogP contribution >= 0.6 is 0 Å². The third kappa shape index (κ3) is 3.77. The summed E-state index contributed by atoms with van der Waals surface area (Å²) in [7, 11) is -3.66. The van der Waals surface area contributed by atoms with Gasteiger partial charge in [0.2, 0.25) is 0 Å². The molecular weight excluding hydrogens is 280 g/mol. The third-order valence-corrected chi connectivity index (χ3v) is 4.88. The molecule has 0 amide bonds. The number of aromatic carboxylic acids is 1. The van der Waals surface area contributed by atoms with Crippen molar-refractivity contribution in [2.24, 2.45) is 5.92 Å². The van der Waals surface area contributed by atoms with Crippen LogP contribution in [-0.2, 0) is 10.0 Å². The number of hydrogen-bond donors (Lipinski definition) is 2. The molecule has 0 saturated heterocycles. The maximum atomic E-state index is 12.0. The van der Waals surface area contributed by atoms with E-state index in [1.807, 2.05) is 0 Å². The highest BCUT2D eigenvalue weighted by Gasteiger charge is 2.20. The number of carbonyl (C=O) groups is 1. The van der Waals surface area contributed by atoms with E-state index in [0.29, 0.717) is 12.5 Å². The number of pyridine rings is 1. The molecule has 0 atom stereocenters. The Morgan fingerprint density at radius 1 is 1.30 bits per heavy atom. The van der Waals surface area contributed by atoms with Gasteiger partial charge in [0, 0.05) is 12.7 Å². The van der Waals surface area contributed by atoms with Gasteiger partial charge in [0.15, 0.2) is 5.03 Å². The summed E-state index contributed by atoms with van der Waals surface area (Å²) in [5, 5.41) is 8.61. The lowest BCUT2D eigenvalue weighted by Crippen LogP contribution is -2.30. The average molecular weight is 298 g/mol. The number of aromatic nitrogens is 1. The Hall–Kier alpha value is -1.47. The van der Waals surface area contributed by atoms with Gasteiger partial charge in [-0.1, -0.05) is 19.3 Å². The Bertz CT molecular complexity index is 563. The molecule has 0 aliphatic heterocycles. The molecule has 7 heteroatoms. The van der Waals surface area contributed by atoms with Crippen LogP contribution in [0.1, 0.15) is 42.5 Å². The standard InChI is InChI=1S/C13H18N2O4S/c16-13(17)11-6-7-12(14-9-11)20(18,19)15-8-10-4-2-1-3-5-10/h6-7,9-10,15H,1-5,8H2,(H,16,17). The summed E-state index contributed by atoms with van der Waals surface area (Å²) in [6.45, 7) is 0.421. The Balaban J connectivity index is 2.00. The van der Waals surface area contributed by atoms with Crippen LogP contribution in [0.5, 0.6) is 0 Å². The molecule has 20 heavy (non-hydrogen) atoms. The first kappa shape index (κ1) is 14.9. The van der Waals surface area contributed by atoms with Gasteiger partial charge in [-0.2, -0.15) is 0 Å². The molecule has 1 aromatic rings. The zero-order valence-corrected chi connectivity index (χ0v) is 11.9. The Morgan fingerprint density at radius 2 is 2.00 bits per heavy atom. The zero-order chi connectivity index (χ0) is 14.6. The van der Waals surface area contributed by atoms with Gasteiger partial charge in [0.25, 0.3) is 10.0 Å². The maximum Gasteiger partial charge on any atom is 0.337 e. The molecule has 1 fully saturated rings. The SMILES string of the molecule is O=C(O)c1ccc(S(=O)(=O)NCC2CCCCC2)nc1. The van der Waals surface area contributed by atoms with E-state index in [-0.39, 0.29) is 10.6 Å². The average Bonchev–Trinajstić information content (AvgIpc) is 2.46. The lowest BCUT2D eigenvalue weighted by molar-refractivity contribution is 0.0696. The summed E-state index contributed by atoms with van der Waals surface area (Å²) >= 11 is 0. The van der Waals surface area contributed by atoms with E-state index in [2.05, 4.69) is 9.71 Å². The predicted molar refractivity (Wildman–Crippen MR) is 73.0 cm³/mol. The first-order valence-corrected chi connectivity index (χ1v) is 8.16. The van der Waals surface area contributed by atoms with Crippen molar-refractivity contribution in [1.29, 1.82) is 0 Å². The summed E-state index contributed by atoms with van der Waals surface area (Å²) in [4.78, 5) is 14.4. The number of sulfonamides is 1. The van der Waals surface area contributed by atoms with Crippen LogP contribution in [-0.4, -0.2) is 31.0 Å². The minimum absolute atomic E-state index is 0.0313. The van der Waals surface area contributed by atoms with Crippen LogP contribution in [0.4, 0.5) is 0 Å². The molecule has 2 rings (SSSR count). The summed E-state index contributed by atoms with van der Waals surface area (Å²) in [6.07, 6.45) is 6.68. The largest absolute Gasteiger partial charge is 0.478 e. The number of carboxylic acids is 1. The van der Waals surface area contributed by atoms with Gasteiger partial charge in [-0.3, -0.25) is 0 Å². The van der Waals surface area contributed by atoms with E-state index in [1.54, 1.807) is 0 Å². The molecule has 110 valence electrons. The Kier molecular flexibility index (Phi) is 4.72. The lowest BCUT2D eigenvalue weighted by Gasteiger charge is -2.21. The summed E-state index contributed by atoms with van der Waals surface area (Å²) in [5.41, 5.74) is -0.0313. The number of nitrogens with one attached hydrogen (secondary N) is 1. The van der Waals surface area contributed by atoms with Crippen LogP contribution in [0.15, 0.2) is 23.4 Å². The van der Waals surface area contributed by atoms with Crippen molar-refractivity contribution >= 4 is 16.0 Å². The van der Waals surface area contributed by atoms with Gasteiger partial charge < -0.3 is 5.11 Å². The molecule has 0 bridgehead atoms. The topological polar surface area (TPSA) is 96.4 Å². The summed E-state index contributed by atoms with van der Waals surface area (Å²) in [6, 6.07) is 2.46. The highest BCUT2D eigenvalue weighted by Crippen LogP contribution is 2.23. The molecule has 1 saturated carbocycles. The highest BCUT2D eigenvalue weighted by atomic mass is 32.2. The van der Waals surface area contributed by atoms with Crippen molar-refractivity contribution in [3.63, 3.8) is 0 Å². The lowest BCUT2D eigenvalue weighted by atomic mass is 9.90. The molecule has 0 aromatic carbocycles. The van der Waals surface area contributed by atoms with Gasteiger partial charge >= 0.3 is 5.97 Å². The molecular formula is C13H18N2O4S. The van der Waals surface area contributed by atoms with Crippen molar-refractivity contribution in [2.75, 3.05) is 6.54 Å². The molecule has 2 N–H and O–H groups in total. The highest BCUT2D eigenvalue weighted by molar-refractivity contribution is 7.89. The number of hydrogen-bond acceptors (Lipinski definition) is 4. The van der Waals surface area contributed by atoms with E-state index in [4.69, 9.17) is 5.11 Å². The van der Waals surface area contributed by atoms with Crippen molar-refractivity contribution in [2.45, 2.75) is 37.1 Å². The fourth-order valence-electron chi connectivity index (χ4n) is 2.36. The van der Waals surface area contributed by atoms with Crippen LogP contribution in [0.25, 0.3) is 0 Å². The molecule has 0 radical (unpaired) electrons. The summed E-state index contributed by atoms with van der Waals surface area (Å²) < 4.78 is 26.6.